The smallest absolute Gasteiger partial charge is 0.257 e. The molecule has 3 rings (SSSR count). The minimum Gasteiger partial charge on any atom is -0.326 e. The highest BCUT2D eigenvalue weighted by molar-refractivity contribution is 6.10. The van der Waals surface area contributed by atoms with Gasteiger partial charge in [0.15, 0.2) is 0 Å². The number of aliphatic imine (C=N–C) groups is 1. The summed E-state index contributed by atoms with van der Waals surface area (Å²) in [7, 11) is 0. The maximum atomic E-state index is 13.1. The van der Waals surface area contributed by atoms with Crippen molar-refractivity contribution in [2.45, 2.75) is 73.3 Å². The predicted molar refractivity (Wildman–Crippen MR) is 145 cm³/mol. The van der Waals surface area contributed by atoms with Gasteiger partial charge in [0.2, 0.25) is 5.96 Å². The van der Waals surface area contributed by atoms with Crippen molar-refractivity contribution in [2.75, 3.05) is 11.9 Å². The summed E-state index contributed by atoms with van der Waals surface area (Å²) in [5.74, 6) is 0.260. The summed E-state index contributed by atoms with van der Waals surface area (Å²) in [4.78, 5) is 17.8. The van der Waals surface area contributed by atoms with Gasteiger partial charge in [-0.25, -0.2) is 0 Å². The number of carbonyl (C=O) groups is 1. The number of hydrogen-bond donors (Lipinski definition) is 2. The average molecular weight is 474 g/mol. The summed E-state index contributed by atoms with van der Waals surface area (Å²) in [6.45, 7) is 16.2. The van der Waals surface area contributed by atoms with Crippen LogP contribution in [0.5, 0.6) is 0 Å². The van der Waals surface area contributed by atoms with E-state index in [2.05, 4.69) is 69.4 Å². The first kappa shape index (κ1) is 26.2. The van der Waals surface area contributed by atoms with Gasteiger partial charge in [-0.15, -0.1) is 0 Å². The minimum atomic E-state index is -0.186. The lowest BCUT2D eigenvalue weighted by Gasteiger charge is -2.19. The fourth-order valence-electron chi connectivity index (χ4n) is 4.10. The monoisotopic (exact) mass is 473 g/mol. The molecule has 0 saturated heterocycles. The summed E-state index contributed by atoms with van der Waals surface area (Å²) in [6, 6.07) is 15.9. The molecule has 0 aliphatic carbocycles. The number of rotatable bonds is 7. The number of aromatic nitrogens is 2. The summed E-state index contributed by atoms with van der Waals surface area (Å²) < 4.78 is 2.02. The Bertz CT molecular complexity index is 1180. The summed E-state index contributed by atoms with van der Waals surface area (Å²) >= 11 is 0. The Labute approximate surface area is 209 Å². The Balaban J connectivity index is 1.80. The lowest BCUT2D eigenvalue weighted by molar-refractivity contribution is 0.0977. The van der Waals surface area contributed by atoms with Crippen LogP contribution < -0.4 is 10.6 Å². The van der Waals surface area contributed by atoms with Crippen molar-refractivity contribution in [3.05, 3.63) is 82.2 Å². The second-order valence-electron chi connectivity index (χ2n) is 9.91. The average Bonchev–Trinajstić information content (AvgIpc) is 3.11. The Morgan fingerprint density at radius 2 is 1.77 bits per heavy atom. The molecule has 35 heavy (non-hydrogen) atoms. The van der Waals surface area contributed by atoms with E-state index in [1.165, 1.54) is 22.4 Å². The first-order chi connectivity index (χ1) is 16.6. The van der Waals surface area contributed by atoms with E-state index in [4.69, 9.17) is 4.99 Å². The van der Waals surface area contributed by atoms with Crippen LogP contribution in [-0.2, 0) is 24.8 Å². The second-order valence-corrected chi connectivity index (χ2v) is 9.91. The van der Waals surface area contributed by atoms with Crippen molar-refractivity contribution in [1.29, 1.82) is 0 Å². The van der Waals surface area contributed by atoms with Crippen molar-refractivity contribution in [3.8, 4) is 0 Å². The zero-order valence-electron chi connectivity index (χ0n) is 22.2. The number of nitrogens with zero attached hydrogens (tertiary/aromatic N) is 3. The zero-order valence-corrected chi connectivity index (χ0v) is 22.2. The highest BCUT2D eigenvalue weighted by atomic mass is 16.1. The van der Waals surface area contributed by atoms with E-state index in [-0.39, 0.29) is 11.3 Å². The van der Waals surface area contributed by atoms with E-state index in [9.17, 15) is 4.79 Å². The van der Waals surface area contributed by atoms with Gasteiger partial charge < -0.3 is 5.32 Å². The normalized spacial score (nSPS) is 12.0. The third-order valence-electron chi connectivity index (χ3n) is 6.31. The number of carbonyl (C=O) groups excluding carboxylic acids is 1. The van der Waals surface area contributed by atoms with Gasteiger partial charge in [-0.1, -0.05) is 52.0 Å². The molecule has 0 spiro atoms. The molecule has 1 aromatic heterocycles. The number of guanidine groups is 1. The van der Waals surface area contributed by atoms with Gasteiger partial charge in [0.05, 0.1) is 5.69 Å². The molecule has 3 aromatic rings. The van der Waals surface area contributed by atoms with E-state index < -0.39 is 0 Å². The molecule has 0 aliphatic heterocycles. The van der Waals surface area contributed by atoms with Gasteiger partial charge in [0.25, 0.3) is 5.91 Å². The summed E-state index contributed by atoms with van der Waals surface area (Å²) in [6.07, 6.45) is 1.70. The molecule has 6 nitrogen and oxygen atoms in total. The van der Waals surface area contributed by atoms with Crippen LogP contribution in [0.2, 0.25) is 0 Å². The van der Waals surface area contributed by atoms with E-state index in [1.54, 1.807) is 0 Å². The van der Waals surface area contributed by atoms with Crippen LogP contribution >= 0.6 is 0 Å². The van der Waals surface area contributed by atoms with Gasteiger partial charge in [0, 0.05) is 30.0 Å². The molecule has 2 N–H and O–H groups in total. The summed E-state index contributed by atoms with van der Waals surface area (Å²) in [5, 5.41) is 10.9. The highest BCUT2D eigenvalue weighted by Crippen LogP contribution is 2.22. The molecule has 1 amide bonds. The number of benzene rings is 2. The number of hydrogen-bond acceptors (Lipinski definition) is 3. The lowest BCUT2D eigenvalue weighted by atomic mass is 9.87. The van der Waals surface area contributed by atoms with Crippen molar-refractivity contribution >= 4 is 17.6 Å². The minimum absolute atomic E-state index is 0.0370. The number of amides is 1. The molecular weight excluding hydrogens is 434 g/mol. The van der Waals surface area contributed by atoms with Crippen LogP contribution in [0.25, 0.3) is 0 Å². The Morgan fingerprint density at radius 1 is 1.06 bits per heavy atom. The van der Waals surface area contributed by atoms with Crippen molar-refractivity contribution in [2.24, 2.45) is 4.99 Å². The molecule has 0 unspecified atom stereocenters. The van der Waals surface area contributed by atoms with Crippen LogP contribution in [-0.4, -0.2) is 28.2 Å². The molecule has 0 radical (unpaired) electrons. The largest absolute Gasteiger partial charge is 0.326 e. The third-order valence-corrected chi connectivity index (χ3v) is 6.31. The van der Waals surface area contributed by atoms with Gasteiger partial charge >= 0.3 is 0 Å². The predicted octanol–water partition coefficient (Wildman–Crippen LogP) is 5.82. The number of nitrogens with one attached hydrogen (secondary N) is 2. The van der Waals surface area contributed by atoms with Crippen LogP contribution in [0.3, 0.4) is 0 Å². The topological polar surface area (TPSA) is 71.3 Å². The maximum Gasteiger partial charge on any atom is 0.257 e. The van der Waals surface area contributed by atoms with Crippen LogP contribution in [0.15, 0.2) is 53.5 Å². The summed E-state index contributed by atoms with van der Waals surface area (Å²) in [5.41, 5.74) is 7.37. The SMILES string of the molecule is CCc1cccc(NC(=NCCc2c(C)nn(CC)c2C)NC(=O)c2ccc(C(C)(C)C)cc2)c1. The van der Waals surface area contributed by atoms with Gasteiger partial charge in [0.1, 0.15) is 0 Å². The molecule has 186 valence electrons. The molecule has 2 aromatic carbocycles. The standard InChI is InChI=1S/C29H39N5O/c1-8-22-11-10-12-25(19-22)31-28(30-18-17-26-20(3)33-34(9-2)21(26)4)32-27(35)23-13-15-24(16-14-23)29(5,6)7/h10-16,19H,8-9,17-18H2,1-7H3,(H2,30,31,32,35). The molecular formula is C29H39N5O. The third kappa shape index (κ3) is 6.81. The van der Waals surface area contributed by atoms with Crippen molar-refractivity contribution in [1.82, 2.24) is 15.1 Å². The Kier molecular flexibility index (Phi) is 8.49. The number of aryl methyl sites for hydroxylation is 3. The fourth-order valence-corrected chi connectivity index (χ4v) is 4.10. The number of anilines is 1. The quantitative estimate of drug-likeness (QED) is 0.335. The Morgan fingerprint density at radius 3 is 2.37 bits per heavy atom. The van der Waals surface area contributed by atoms with Crippen LogP contribution in [0, 0.1) is 13.8 Å². The van der Waals surface area contributed by atoms with Gasteiger partial charge in [-0.2, -0.15) is 5.10 Å². The molecule has 1 heterocycles. The maximum absolute atomic E-state index is 13.1. The van der Waals surface area contributed by atoms with Gasteiger partial charge in [-0.05, 0) is 80.0 Å². The zero-order chi connectivity index (χ0) is 25.6. The molecule has 6 heteroatoms. The van der Waals surface area contributed by atoms with E-state index in [0.717, 1.165) is 30.8 Å². The molecule has 0 saturated carbocycles. The molecule has 0 bridgehead atoms. The van der Waals surface area contributed by atoms with Crippen LogP contribution in [0.1, 0.15) is 73.1 Å². The van der Waals surface area contributed by atoms with Crippen molar-refractivity contribution in [3.63, 3.8) is 0 Å². The molecule has 0 aliphatic rings. The lowest BCUT2D eigenvalue weighted by Crippen LogP contribution is -2.36. The fraction of sp³-hybridized carbons (Fsp3) is 0.414. The highest BCUT2D eigenvalue weighted by Gasteiger charge is 2.16. The van der Waals surface area contributed by atoms with Crippen LogP contribution in [0.4, 0.5) is 5.69 Å². The van der Waals surface area contributed by atoms with E-state index in [1.807, 2.05) is 48.0 Å². The van der Waals surface area contributed by atoms with Crippen molar-refractivity contribution < 1.29 is 4.79 Å². The first-order valence-corrected chi connectivity index (χ1v) is 12.5. The Hall–Kier alpha value is -3.41. The second kappa shape index (κ2) is 11.3. The first-order valence-electron chi connectivity index (χ1n) is 12.5. The van der Waals surface area contributed by atoms with E-state index >= 15 is 0 Å². The van der Waals surface area contributed by atoms with E-state index in [0.29, 0.717) is 18.1 Å². The molecule has 0 fully saturated rings. The molecule has 0 atom stereocenters. The van der Waals surface area contributed by atoms with Gasteiger partial charge in [-0.3, -0.25) is 19.8 Å².